The van der Waals surface area contributed by atoms with E-state index in [0.717, 1.165) is 12.0 Å². The maximum atomic E-state index is 12.0. The first kappa shape index (κ1) is 19.8. The Bertz CT molecular complexity index is 995. The smallest absolute Gasteiger partial charge is 0.248 e. The molecule has 3 aromatic rings. The van der Waals surface area contributed by atoms with Crippen LogP contribution in [0.15, 0.2) is 72.8 Å². The van der Waals surface area contributed by atoms with E-state index in [9.17, 15) is 20.1 Å². The SMILES string of the molecule is O=C(/C=C/c1ccc(O)c(O)c1)Nc1ccc(OCCc2ccc(O)cc2)cc1. The summed E-state index contributed by atoms with van der Waals surface area (Å²) in [5.74, 6) is 0.157. The van der Waals surface area contributed by atoms with E-state index in [2.05, 4.69) is 5.32 Å². The van der Waals surface area contributed by atoms with Crippen LogP contribution in [-0.2, 0) is 11.2 Å². The van der Waals surface area contributed by atoms with Crippen LogP contribution in [0.4, 0.5) is 5.69 Å². The molecule has 0 radical (unpaired) electrons. The molecule has 0 saturated carbocycles. The molecular formula is C23H21NO5. The van der Waals surface area contributed by atoms with Gasteiger partial charge in [0.15, 0.2) is 11.5 Å². The summed E-state index contributed by atoms with van der Waals surface area (Å²) in [6.07, 6.45) is 3.60. The van der Waals surface area contributed by atoms with E-state index in [4.69, 9.17) is 4.74 Å². The summed E-state index contributed by atoms with van der Waals surface area (Å²) >= 11 is 0. The van der Waals surface area contributed by atoms with Gasteiger partial charge in [-0.3, -0.25) is 4.79 Å². The average molecular weight is 391 g/mol. The van der Waals surface area contributed by atoms with E-state index in [1.54, 1.807) is 42.5 Å². The molecule has 0 atom stereocenters. The van der Waals surface area contributed by atoms with Gasteiger partial charge in [-0.25, -0.2) is 0 Å². The third kappa shape index (κ3) is 6.04. The first-order valence-electron chi connectivity index (χ1n) is 9.01. The van der Waals surface area contributed by atoms with E-state index >= 15 is 0 Å². The second-order valence-corrected chi connectivity index (χ2v) is 6.36. The number of nitrogens with one attached hydrogen (secondary N) is 1. The molecule has 0 saturated heterocycles. The maximum Gasteiger partial charge on any atom is 0.248 e. The Morgan fingerprint density at radius 3 is 2.31 bits per heavy atom. The number of carbonyl (C=O) groups excluding carboxylic acids is 1. The number of hydrogen-bond donors (Lipinski definition) is 4. The molecular weight excluding hydrogens is 370 g/mol. The van der Waals surface area contributed by atoms with Crippen LogP contribution in [0.1, 0.15) is 11.1 Å². The number of amides is 1. The van der Waals surface area contributed by atoms with Crippen LogP contribution < -0.4 is 10.1 Å². The second kappa shape index (κ2) is 9.32. The molecule has 3 rings (SSSR count). The highest BCUT2D eigenvalue weighted by Gasteiger charge is 2.02. The number of anilines is 1. The van der Waals surface area contributed by atoms with Gasteiger partial charge in [-0.2, -0.15) is 0 Å². The fourth-order valence-electron chi connectivity index (χ4n) is 2.58. The van der Waals surface area contributed by atoms with Crippen molar-refractivity contribution < 1.29 is 24.9 Å². The van der Waals surface area contributed by atoms with Gasteiger partial charge in [0.05, 0.1) is 6.61 Å². The molecule has 0 aromatic heterocycles. The molecule has 0 unspecified atom stereocenters. The third-order valence-corrected chi connectivity index (χ3v) is 4.14. The van der Waals surface area contributed by atoms with Gasteiger partial charge in [0.2, 0.25) is 5.91 Å². The minimum Gasteiger partial charge on any atom is -0.508 e. The van der Waals surface area contributed by atoms with E-state index in [-0.39, 0.29) is 23.2 Å². The first-order chi connectivity index (χ1) is 14.0. The molecule has 3 aromatic carbocycles. The van der Waals surface area contributed by atoms with Crippen LogP contribution >= 0.6 is 0 Å². The van der Waals surface area contributed by atoms with Crippen molar-refractivity contribution in [3.8, 4) is 23.0 Å². The van der Waals surface area contributed by atoms with E-state index < -0.39 is 0 Å². The van der Waals surface area contributed by atoms with Gasteiger partial charge < -0.3 is 25.4 Å². The summed E-state index contributed by atoms with van der Waals surface area (Å²) in [5, 5.41) is 30.8. The summed E-state index contributed by atoms with van der Waals surface area (Å²) in [5.41, 5.74) is 2.28. The van der Waals surface area contributed by atoms with Gasteiger partial charge in [0, 0.05) is 18.2 Å². The molecule has 148 valence electrons. The van der Waals surface area contributed by atoms with Crippen LogP contribution in [0.2, 0.25) is 0 Å². The van der Waals surface area contributed by atoms with Gasteiger partial charge in [-0.15, -0.1) is 0 Å². The minimum atomic E-state index is -0.321. The summed E-state index contributed by atoms with van der Waals surface area (Å²) in [4.78, 5) is 12.0. The van der Waals surface area contributed by atoms with Crippen LogP contribution in [0, 0.1) is 0 Å². The van der Waals surface area contributed by atoms with Crippen LogP contribution in [0.3, 0.4) is 0 Å². The number of carbonyl (C=O) groups is 1. The zero-order valence-corrected chi connectivity index (χ0v) is 15.6. The second-order valence-electron chi connectivity index (χ2n) is 6.36. The lowest BCUT2D eigenvalue weighted by atomic mass is 10.1. The number of phenols is 3. The highest BCUT2D eigenvalue weighted by molar-refractivity contribution is 6.01. The number of hydrogen-bond acceptors (Lipinski definition) is 5. The van der Waals surface area contributed by atoms with Crippen molar-refractivity contribution in [3.63, 3.8) is 0 Å². The molecule has 4 N–H and O–H groups in total. The molecule has 0 aliphatic rings. The molecule has 0 spiro atoms. The maximum absolute atomic E-state index is 12.0. The zero-order chi connectivity index (χ0) is 20.6. The van der Waals surface area contributed by atoms with Gasteiger partial charge in [0.1, 0.15) is 11.5 Å². The van der Waals surface area contributed by atoms with E-state index in [0.29, 0.717) is 23.6 Å². The number of rotatable bonds is 7. The molecule has 6 nitrogen and oxygen atoms in total. The lowest BCUT2D eigenvalue weighted by Gasteiger charge is -2.08. The van der Waals surface area contributed by atoms with Crippen molar-refractivity contribution in [2.24, 2.45) is 0 Å². The number of ether oxygens (including phenoxy) is 1. The molecule has 1 amide bonds. The lowest BCUT2D eigenvalue weighted by molar-refractivity contribution is -0.111. The summed E-state index contributed by atoms with van der Waals surface area (Å²) in [6.45, 7) is 0.499. The molecule has 0 fully saturated rings. The van der Waals surface area contributed by atoms with Crippen LogP contribution in [-0.4, -0.2) is 27.8 Å². The Balaban J connectivity index is 1.47. The highest BCUT2D eigenvalue weighted by atomic mass is 16.5. The van der Waals surface area contributed by atoms with Gasteiger partial charge >= 0.3 is 0 Å². The number of phenolic OH excluding ortho intramolecular Hbond substituents is 3. The Morgan fingerprint density at radius 1 is 0.897 bits per heavy atom. The zero-order valence-electron chi connectivity index (χ0n) is 15.6. The first-order valence-corrected chi connectivity index (χ1v) is 9.01. The van der Waals surface area contributed by atoms with Crippen molar-refractivity contribution >= 4 is 17.7 Å². The van der Waals surface area contributed by atoms with E-state index in [1.807, 2.05) is 12.1 Å². The predicted molar refractivity (Wildman–Crippen MR) is 111 cm³/mol. The Morgan fingerprint density at radius 2 is 1.62 bits per heavy atom. The lowest BCUT2D eigenvalue weighted by Crippen LogP contribution is -2.07. The quantitative estimate of drug-likeness (QED) is 0.359. The number of benzene rings is 3. The largest absolute Gasteiger partial charge is 0.508 e. The van der Waals surface area contributed by atoms with Gasteiger partial charge in [-0.05, 0) is 65.7 Å². The van der Waals surface area contributed by atoms with Crippen molar-refractivity contribution in [1.29, 1.82) is 0 Å². The average Bonchev–Trinajstić information content (AvgIpc) is 2.72. The summed E-state index contributed by atoms with van der Waals surface area (Å²) in [6, 6.07) is 18.3. The van der Waals surface area contributed by atoms with Crippen molar-refractivity contribution in [1.82, 2.24) is 0 Å². The molecule has 0 heterocycles. The fourth-order valence-corrected chi connectivity index (χ4v) is 2.58. The molecule has 0 bridgehead atoms. The summed E-state index contributed by atoms with van der Waals surface area (Å²) in [7, 11) is 0. The molecule has 0 aliphatic heterocycles. The number of aromatic hydroxyl groups is 3. The highest BCUT2D eigenvalue weighted by Crippen LogP contribution is 2.25. The van der Waals surface area contributed by atoms with E-state index in [1.165, 1.54) is 24.3 Å². The standard InChI is InChI=1S/C23H21NO5/c25-19-7-1-16(2-8-19)13-14-29-20-9-5-18(6-10-20)24-23(28)12-4-17-3-11-21(26)22(27)15-17/h1-12,15,25-27H,13-14H2,(H,24,28)/b12-4+. The third-order valence-electron chi connectivity index (χ3n) is 4.14. The Hall–Kier alpha value is -3.93. The fraction of sp³-hybridized carbons (Fsp3) is 0.0870. The Kier molecular flexibility index (Phi) is 6.37. The molecule has 29 heavy (non-hydrogen) atoms. The molecule has 0 aliphatic carbocycles. The topological polar surface area (TPSA) is 99.0 Å². The van der Waals surface area contributed by atoms with Crippen molar-refractivity contribution in [2.75, 3.05) is 11.9 Å². The monoisotopic (exact) mass is 391 g/mol. The Labute approximate surface area is 168 Å². The van der Waals surface area contributed by atoms with Crippen LogP contribution in [0.25, 0.3) is 6.08 Å². The normalized spacial score (nSPS) is 10.8. The van der Waals surface area contributed by atoms with Crippen molar-refractivity contribution in [3.05, 3.63) is 83.9 Å². The molecule has 6 heteroatoms. The predicted octanol–water partition coefficient (Wildman–Crippen LogP) is 4.08. The van der Waals surface area contributed by atoms with Crippen LogP contribution in [0.5, 0.6) is 23.0 Å². The van der Waals surface area contributed by atoms with Crippen molar-refractivity contribution in [2.45, 2.75) is 6.42 Å². The minimum absolute atomic E-state index is 0.211. The summed E-state index contributed by atoms with van der Waals surface area (Å²) < 4.78 is 5.69. The van der Waals surface area contributed by atoms with Gasteiger partial charge in [-0.1, -0.05) is 18.2 Å². The van der Waals surface area contributed by atoms with Gasteiger partial charge in [0.25, 0.3) is 0 Å².